The molecule has 0 radical (unpaired) electrons. The lowest BCUT2D eigenvalue weighted by Gasteiger charge is -2.13. The van der Waals surface area contributed by atoms with Crippen LogP contribution in [0.25, 0.3) is 0 Å². The Morgan fingerprint density at radius 3 is 2.50 bits per heavy atom. The Bertz CT molecular complexity index is 1100. The van der Waals surface area contributed by atoms with Gasteiger partial charge in [0.2, 0.25) is 0 Å². The van der Waals surface area contributed by atoms with Crippen LogP contribution in [-0.2, 0) is 6.61 Å². The van der Waals surface area contributed by atoms with E-state index in [-0.39, 0.29) is 29.3 Å². The third kappa shape index (κ3) is 3.55. The Hall–Kier alpha value is -3.72. The first kappa shape index (κ1) is 19.1. The zero-order valence-corrected chi connectivity index (χ0v) is 15.2. The second kappa shape index (κ2) is 7.89. The number of nitrogens with zero attached hydrogens (tertiary/aromatic N) is 2. The van der Waals surface area contributed by atoms with Crippen molar-refractivity contribution in [3.63, 3.8) is 0 Å². The molecule has 3 rings (SSSR count). The number of aliphatic hydroxyl groups is 1. The second-order valence-electron chi connectivity index (χ2n) is 5.92. The molecule has 0 unspecified atom stereocenters. The third-order valence-corrected chi connectivity index (χ3v) is 4.17. The molecule has 9 nitrogen and oxygen atoms in total. The van der Waals surface area contributed by atoms with Gasteiger partial charge in [0.1, 0.15) is 22.9 Å². The number of ether oxygens (including phenoxy) is 1. The average Bonchev–Trinajstić information content (AvgIpc) is 2.73. The molecule has 1 aromatic heterocycles. The highest BCUT2D eigenvalue weighted by molar-refractivity contribution is 5.87. The summed E-state index contributed by atoms with van der Waals surface area (Å²) in [5, 5.41) is 26.2. The minimum atomic E-state index is -0.703. The zero-order chi connectivity index (χ0) is 20.3. The first-order valence-corrected chi connectivity index (χ1v) is 8.28. The molecule has 0 aliphatic rings. The summed E-state index contributed by atoms with van der Waals surface area (Å²) in [6.07, 6.45) is 2.67. The first-order chi connectivity index (χ1) is 13.5. The maximum absolute atomic E-state index is 11.9. The van der Waals surface area contributed by atoms with Gasteiger partial charge in [-0.05, 0) is 31.2 Å². The lowest BCUT2D eigenvalue weighted by Crippen LogP contribution is -2.35. The van der Waals surface area contributed by atoms with Crippen LogP contribution >= 0.6 is 0 Å². The summed E-state index contributed by atoms with van der Waals surface area (Å²) in [6, 6.07) is 6.83. The van der Waals surface area contributed by atoms with Gasteiger partial charge in [-0.25, -0.2) is 0 Å². The molecule has 0 saturated carbocycles. The van der Waals surface area contributed by atoms with Gasteiger partial charge in [-0.2, -0.15) is 5.10 Å². The van der Waals surface area contributed by atoms with E-state index >= 15 is 0 Å². The van der Waals surface area contributed by atoms with Gasteiger partial charge in [0.25, 0.3) is 10.9 Å². The number of pyridine rings is 1. The van der Waals surface area contributed by atoms with E-state index in [1.165, 1.54) is 12.4 Å². The van der Waals surface area contributed by atoms with Crippen LogP contribution in [-0.4, -0.2) is 28.5 Å². The average molecular weight is 382 g/mol. The number of aromatic hydroxyl groups is 1. The SMILES string of the molecule is COc1ccc(Nc2c(N/N=C/c3c(CO)cnc(C)c3O)c(=O)c2=O)cc1. The van der Waals surface area contributed by atoms with Crippen LogP contribution in [0.2, 0.25) is 0 Å². The van der Waals surface area contributed by atoms with Crippen molar-refractivity contribution in [1.29, 1.82) is 0 Å². The molecule has 0 spiro atoms. The number of nitrogens with one attached hydrogen (secondary N) is 2. The quantitative estimate of drug-likeness (QED) is 0.274. The van der Waals surface area contributed by atoms with Crippen LogP contribution in [0, 0.1) is 6.92 Å². The summed E-state index contributed by atoms with van der Waals surface area (Å²) in [5.74, 6) is 0.532. The molecular weight excluding hydrogens is 364 g/mol. The van der Waals surface area contributed by atoms with Gasteiger partial charge in [-0.15, -0.1) is 0 Å². The number of aliphatic hydroxyl groups excluding tert-OH is 1. The number of aromatic nitrogens is 1. The fourth-order valence-electron chi connectivity index (χ4n) is 2.52. The van der Waals surface area contributed by atoms with Crippen molar-refractivity contribution >= 4 is 23.3 Å². The predicted molar refractivity (Wildman–Crippen MR) is 105 cm³/mol. The monoisotopic (exact) mass is 382 g/mol. The number of anilines is 3. The van der Waals surface area contributed by atoms with Crippen molar-refractivity contribution < 1.29 is 14.9 Å². The van der Waals surface area contributed by atoms with Gasteiger partial charge in [0.05, 0.1) is 25.6 Å². The van der Waals surface area contributed by atoms with Crippen molar-refractivity contribution in [3.05, 3.63) is 67.7 Å². The summed E-state index contributed by atoms with van der Waals surface area (Å²) < 4.78 is 5.07. The maximum atomic E-state index is 11.9. The lowest BCUT2D eigenvalue weighted by atomic mass is 10.1. The number of benzene rings is 1. The highest BCUT2D eigenvalue weighted by Crippen LogP contribution is 2.24. The smallest absolute Gasteiger partial charge is 0.255 e. The highest BCUT2D eigenvalue weighted by Gasteiger charge is 2.21. The summed E-state index contributed by atoms with van der Waals surface area (Å²) >= 11 is 0. The van der Waals surface area contributed by atoms with Crippen molar-refractivity contribution in [2.75, 3.05) is 17.9 Å². The molecule has 28 heavy (non-hydrogen) atoms. The van der Waals surface area contributed by atoms with E-state index in [0.717, 1.165) is 0 Å². The van der Waals surface area contributed by atoms with E-state index in [0.29, 0.717) is 22.7 Å². The largest absolute Gasteiger partial charge is 0.505 e. The Kier molecular flexibility index (Phi) is 5.37. The van der Waals surface area contributed by atoms with Crippen LogP contribution in [0.3, 0.4) is 0 Å². The topological polar surface area (TPSA) is 133 Å². The van der Waals surface area contributed by atoms with E-state index < -0.39 is 10.9 Å². The maximum Gasteiger partial charge on any atom is 0.255 e. The first-order valence-electron chi connectivity index (χ1n) is 8.28. The Morgan fingerprint density at radius 2 is 1.86 bits per heavy atom. The predicted octanol–water partition coefficient (Wildman–Crippen LogP) is 1.38. The number of methoxy groups -OCH3 is 1. The van der Waals surface area contributed by atoms with Crippen molar-refractivity contribution in [2.45, 2.75) is 13.5 Å². The molecule has 0 amide bonds. The van der Waals surface area contributed by atoms with Gasteiger partial charge in [0.15, 0.2) is 0 Å². The van der Waals surface area contributed by atoms with Gasteiger partial charge in [-0.3, -0.25) is 20.0 Å². The second-order valence-corrected chi connectivity index (χ2v) is 5.92. The molecule has 1 heterocycles. The van der Waals surface area contributed by atoms with Gasteiger partial charge in [0, 0.05) is 23.0 Å². The molecule has 0 saturated heterocycles. The molecule has 4 N–H and O–H groups in total. The lowest BCUT2D eigenvalue weighted by molar-refractivity contribution is 0.280. The number of rotatable bonds is 7. The molecule has 0 bridgehead atoms. The van der Waals surface area contributed by atoms with Gasteiger partial charge >= 0.3 is 0 Å². The fourth-order valence-corrected chi connectivity index (χ4v) is 2.52. The number of hydrazone groups is 1. The molecule has 144 valence electrons. The van der Waals surface area contributed by atoms with E-state index in [1.54, 1.807) is 38.3 Å². The number of hydrogen-bond acceptors (Lipinski definition) is 9. The third-order valence-electron chi connectivity index (χ3n) is 4.17. The van der Waals surface area contributed by atoms with Gasteiger partial charge < -0.3 is 20.3 Å². The van der Waals surface area contributed by atoms with Crippen LogP contribution in [0.5, 0.6) is 11.5 Å². The summed E-state index contributed by atoms with van der Waals surface area (Å²) in [5.41, 5.74) is 2.86. The van der Waals surface area contributed by atoms with Crippen LogP contribution in [0.15, 0.2) is 45.2 Å². The number of hydrogen-bond donors (Lipinski definition) is 4. The van der Waals surface area contributed by atoms with E-state index in [1.807, 2.05) is 0 Å². The summed E-state index contributed by atoms with van der Waals surface area (Å²) in [6.45, 7) is 1.27. The zero-order valence-electron chi connectivity index (χ0n) is 15.2. The molecule has 9 heteroatoms. The van der Waals surface area contributed by atoms with E-state index in [9.17, 15) is 19.8 Å². The van der Waals surface area contributed by atoms with Gasteiger partial charge in [-0.1, -0.05) is 0 Å². The fraction of sp³-hybridized carbons (Fsp3) is 0.158. The van der Waals surface area contributed by atoms with Crippen molar-refractivity contribution in [1.82, 2.24) is 4.98 Å². The Morgan fingerprint density at radius 1 is 1.18 bits per heavy atom. The number of aryl methyl sites for hydroxylation is 1. The van der Waals surface area contributed by atoms with Crippen LogP contribution in [0.1, 0.15) is 16.8 Å². The van der Waals surface area contributed by atoms with Crippen molar-refractivity contribution in [3.8, 4) is 11.5 Å². The molecular formula is C19H18N4O5. The van der Waals surface area contributed by atoms with E-state index in [2.05, 4.69) is 20.8 Å². The summed E-state index contributed by atoms with van der Waals surface area (Å²) in [4.78, 5) is 27.7. The van der Waals surface area contributed by atoms with E-state index in [4.69, 9.17) is 4.74 Å². The highest BCUT2D eigenvalue weighted by atomic mass is 16.5. The Balaban J connectivity index is 1.80. The minimum absolute atomic E-state index is 0.00730. The molecule has 2 aromatic carbocycles. The molecule has 0 aliphatic carbocycles. The molecule has 0 atom stereocenters. The summed E-state index contributed by atoms with van der Waals surface area (Å²) in [7, 11) is 1.55. The van der Waals surface area contributed by atoms with Crippen LogP contribution < -0.4 is 26.3 Å². The van der Waals surface area contributed by atoms with Crippen molar-refractivity contribution in [2.24, 2.45) is 5.10 Å². The molecule has 0 aliphatic heterocycles. The van der Waals surface area contributed by atoms with Crippen LogP contribution in [0.4, 0.5) is 17.1 Å². The Labute approximate surface area is 159 Å². The standard InChI is InChI=1S/C19H18N4O5/c1-10-17(25)14(11(9-24)7-20-10)8-21-23-16-15(18(26)19(16)27)22-12-3-5-13(28-2)6-4-12/h3-8,22-25H,9H2,1-2H3/b21-8+. The molecule has 3 aromatic rings. The molecule has 0 fully saturated rings. The minimum Gasteiger partial charge on any atom is -0.505 e. The normalized spacial score (nSPS) is 11.1.